The molecule has 9 heteroatoms. The van der Waals surface area contributed by atoms with Crippen molar-refractivity contribution in [3.63, 3.8) is 0 Å². The number of nitrogens with zero attached hydrogens (tertiary/aromatic N) is 2. The van der Waals surface area contributed by atoms with Gasteiger partial charge in [-0.15, -0.1) is 0 Å². The van der Waals surface area contributed by atoms with Crippen LogP contribution in [0.15, 0.2) is 29.2 Å². The number of piperazine rings is 1. The van der Waals surface area contributed by atoms with Crippen LogP contribution in [-0.2, 0) is 19.6 Å². The SMILES string of the molecule is CCCC(O)CNC(=O)CCC(=O)N1CCN(S(=O)(=O)c2ccc(C)cc2)CC1. The summed E-state index contributed by atoms with van der Waals surface area (Å²) in [5.74, 6) is -0.435. The number of sulfonamides is 1. The van der Waals surface area contributed by atoms with Gasteiger partial charge in [-0.2, -0.15) is 4.31 Å². The van der Waals surface area contributed by atoms with Crippen molar-refractivity contribution < 1.29 is 23.1 Å². The summed E-state index contributed by atoms with van der Waals surface area (Å²) in [7, 11) is -3.57. The zero-order chi connectivity index (χ0) is 21.4. The number of nitrogens with one attached hydrogen (secondary N) is 1. The molecule has 2 amide bonds. The van der Waals surface area contributed by atoms with Crippen LogP contribution in [0.2, 0.25) is 0 Å². The highest BCUT2D eigenvalue weighted by molar-refractivity contribution is 7.89. The van der Waals surface area contributed by atoms with Crippen LogP contribution in [0, 0.1) is 6.92 Å². The number of hydrogen-bond donors (Lipinski definition) is 2. The minimum atomic E-state index is -3.57. The van der Waals surface area contributed by atoms with E-state index >= 15 is 0 Å². The predicted octanol–water partition coefficient (Wildman–Crippen LogP) is 0.885. The van der Waals surface area contributed by atoms with Gasteiger partial charge in [0.2, 0.25) is 21.8 Å². The maximum atomic E-state index is 12.7. The minimum absolute atomic E-state index is 0.0551. The molecule has 1 heterocycles. The Morgan fingerprint density at radius 1 is 1.10 bits per heavy atom. The summed E-state index contributed by atoms with van der Waals surface area (Å²) in [5, 5.41) is 12.2. The molecule has 0 saturated carbocycles. The fourth-order valence-electron chi connectivity index (χ4n) is 3.17. The van der Waals surface area contributed by atoms with Crippen molar-refractivity contribution in [3.8, 4) is 0 Å². The second kappa shape index (κ2) is 10.7. The third kappa shape index (κ3) is 6.80. The fourth-order valence-corrected chi connectivity index (χ4v) is 4.59. The number of carbonyl (C=O) groups excluding carboxylic acids is 2. The van der Waals surface area contributed by atoms with E-state index in [0.717, 1.165) is 12.0 Å². The van der Waals surface area contributed by atoms with Crippen LogP contribution in [0.1, 0.15) is 38.2 Å². The number of amides is 2. The Bertz CT molecular complexity index is 787. The average molecular weight is 426 g/mol. The van der Waals surface area contributed by atoms with Crippen molar-refractivity contribution >= 4 is 21.8 Å². The average Bonchev–Trinajstić information content (AvgIpc) is 2.71. The number of aliphatic hydroxyl groups excluding tert-OH is 1. The van der Waals surface area contributed by atoms with E-state index in [-0.39, 0.29) is 49.2 Å². The van der Waals surface area contributed by atoms with Gasteiger partial charge in [-0.1, -0.05) is 31.0 Å². The van der Waals surface area contributed by atoms with Crippen LogP contribution in [0.5, 0.6) is 0 Å². The largest absolute Gasteiger partial charge is 0.391 e. The van der Waals surface area contributed by atoms with Gasteiger partial charge in [0.1, 0.15) is 0 Å². The molecular formula is C20H31N3O5S. The van der Waals surface area contributed by atoms with Gasteiger partial charge in [-0.05, 0) is 25.5 Å². The number of benzene rings is 1. The Hall–Kier alpha value is -1.97. The van der Waals surface area contributed by atoms with E-state index in [1.165, 1.54) is 4.31 Å². The molecule has 0 aliphatic carbocycles. The van der Waals surface area contributed by atoms with Crippen LogP contribution in [0.4, 0.5) is 0 Å². The van der Waals surface area contributed by atoms with Gasteiger partial charge in [0.05, 0.1) is 11.0 Å². The van der Waals surface area contributed by atoms with Crippen LogP contribution in [0.3, 0.4) is 0 Å². The van der Waals surface area contributed by atoms with E-state index in [2.05, 4.69) is 5.32 Å². The van der Waals surface area contributed by atoms with Gasteiger partial charge in [0.25, 0.3) is 0 Å². The predicted molar refractivity (Wildman–Crippen MR) is 110 cm³/mol. The van der Waals surface area contributed by atoms with Crippen molar-refractivity contribution in [2.24, 2.45) is 0 Å². The van der Waals surface area contributed by atoms with Gasteiger partial charge in [0, 0.05) is 45.6 Å². The van der Waals surface area contributed by atoms with E-state index in [1.54, 1.807) is 29.2 Å². The second-order valence-electron chi connectivity index (χ2n) is 7.34. The molecule has 162 valence electrons. The van der Waals surface area contributed by atoms with Gasteiger partial charge >= 0.3 is 0 Å². The summed E-state index contributed by atoms with van der Waals surface area (Å²) < 4.78 is 26.8. The van der Waals surface area contributed by atoms with Crippen LogP contribution in [0.25, 0.3) is 0 Å². The molecule has 1 aromatic rings. The topological polar surface area (TPSA) is 107 Å². The molecule has 0 radical (unpaired) electrons. The molecule has 0 spiro atoms. The molecule has 2 rings (SSSR count). The number of aryl methyl sites for hydroxylation is 1. The summed E-state index contributed by atoms with van der Waals surface area (Å²) in [6, 6.07) is 6.72. The minimum Gasteiger partial charge on any atom is -0.391 e. The molecule has 1 saturated heterocycles. The van der Waals surface area contributed by atoms with Crippen molar-refractivity contribution in [1.82, 2.24) is 14.5 Å². The molecule has 2 N–H and O–H groups in total. The maximum Gasteiger partial charge on any atom is 0.243 e. The van der Waals surface area contributed by atoms with E-state index in [9.17, 15) is 23.1 Å². The molecule has 1 aromatic carbocycles. The zero-order valence-corrected chi connectivity index (χ0v) is 18.0. The summed E-state index contributed by atoms with van der Waals surface area (Å²) in [4.78, 5) is 26.0. The Morgan fingerprint density at radius 3 is 2.31 bits per heavy atom. The molecule has 1 aliphatic rings. The molecule has 8 nitrogen and oxygen atoms in total. The molecule has 1 fully saturated rings. The zero-order valence-electron chi connectivity index (χ0n) is 17.1. The Balaban J connectivity index is 1.77. The number of carbonyl (C=O) groups is 2. The van der Waals surface area contributed by atoms with Crippen LogP contribution < -0.4 is 5.32 Å². The maximum absolute atomic E-state index is 12.7. The molecular weight excluding hydrogens is 394 g/mol. The van der Waals surface area contributed by atoms with Gasteiger partial charge in [0.15, 0.2) is 0 Å². The molecule has 0 bridgehead atoms. The summed E-state index contributed by atoms with van der Waals surface area (Å²) in [6.45, 7) is 5.12. The third-order valence-corrected chi connectivity index (χ3v) is 6.89. The first kappa shape index (κ1) is 23.3. The third-order valence-electron chi connectivity index (χ3n) is 4.97. The van der Waals surface area contributed by atoms with Gasteiger partial charge < -0.3 is 15.3 Å². The summed E-state index contributed by atoms with van der Waals surface area (Å²) >= 11 is 0. The molecule has 0 aromatic heterocycles. The summed E-state index contributed by atoms with van der Waals surface area (Å²) in [5.41, 5.74) is 0.989. The molecule has 1 aliphatic heterocycles. The Kier molecular flexibility index (Phi) is 8.60. The lowest BCUT2D eigenvalue weighted by atomic mass is 10.2. The lowest BCUT2D eigenvalue weighted by molar-refractivity contribution is -0.134. The Labute approximate surface area is 172 Å². The highest BCUT2D eigenvalue weighted by Gasteiger charge is 2.30. The first-order valence-electron chi connectivity index (χ1n) is 10.0. The van der Waals surface area contributed by atoms with Crippen LogP contribution in [-0.4, -0.2) is 73.4 Å². The normalized spacial score (nSPS) is 16.4. The molecule has 1 unspecified atom stereocenters. The van der Waals surface area contributed by atoms with E-state index in [4.69, 9.17) is 0 Å². The van der Waals surface area contributed by atoms with Gasteiger partial charge in [-0.3, -0.25) is 9.59 Å². The first-order valence-corrected chi connectivity index (χ1v) is 11.5. The molecule has 1 atom stereocenters. The summed E-state index contributed by atoms with van der Waals surface area (Å²) in [6.07, 6.45) is 1.01. The van der Waals surface area contributed by atoms with E-state index in [0.29, 0.717) is 19.5 Å². The van der Waals surface area contributed by atoms with Crippen molar-refractivity contribution in [2.45, 2.75) is 50.5 Å². The number of aliphatic hydroxyl groups is 1. The van der Waals surface area contributed by atoms with Crippen LogP contribution >= 0.6 is 0 Å². The number of rotatable bonds is 9. The highest BCUT2D eigenvalue weighted by atomic mass is 32.2. The monoisotopic (exact) mass is 425 g/mol. The smallest absolute Gasteiger partial charge is 0.243 e. The second-order valence-corrected chi connectivity index (χ2v) is 9.28. The standard InChI is InChI=1S/C20H31N3O5S/c1-3-4-17(24)15-21-19(25)9-10-20(26)22-11-13-23(14-12-22)29(27,28)18-7-5-16(2)6-8-18/h5-8,17,24H,3-4,9-15H2,1-2H3,(H,21,25). The Morgan fingerprint density at radius 2 is 1.72 bits per heavy atom. The van der Waals surface area contributed by atoms with Crippen molar-refractivity contribution in [3.05, 3.63) is 29.8 Å². The number of hydrogen-bond acceptors (Lipinski definition) is 5. The van der Waals surface area contributed by atoms with Gasteiger partial charge in [-0.25, -0.2) is 8.42 Å². The lowest BCUT2D eigenvalue weighted by Crippen LogP contribution is -2.50. The molecule has 29 heavy (non-hydrogen) atoms. The van der Waals surface area contributed by atoms with E-state index in [1.807, 2.05) is 13.8 Å². The van der Waals surface area contributed by atoms with Crippen molar-refractivity contribution in [1.29, 1.82) is 0 Å². The van der Waals surface area contributed by atoms with E-state index < -0.39 is 16.1 Å². The highest BCUT2D eigenvalue weighted by Crippen LogP contribution is 2.18. The quantitative estimate of drug-likeness (QED) is 0.611. The first-order chi connectivity index (χ1) is 13.7. The van der Waals surface area contributed by atoms with Crippen molar-refractivity contribution in [2.75, 3.05) is 32.7 Å². The lowest BCUT2D eigenvalue weighted by Gasteiger charge is -2.34. The fraction of sp³-hybridized carbons (Fsp3) is 0.600.